The van der Waals surface area contributed by atoms with Crippen molar-refractivity contribution in [1.29, 1.82) is 0 Å². The van der Waals surface area contributed by atoms with Crippen LogP contribution in [-0.4, -0.2) is 29.3 Å². The molecule has 1 aliphatic rings. The molecule has 1 fully saturated rings. The summed E-state index contributed by atoms with van der Waals surface area (Å²) < 4.78 is 12.9. The molecule has 3 nitrogen and oxygen atoms in total. The van der Waals surface area contributed by atoms with Crippen LogP contribution < -0.4 is 4.90 Å². The summed E-state index contributed by atoms with van der Waals surface area (Å²) in [7, 11) is 1.83. The highest BCUT2D eigenvalue weighted by Crippen LogP contribution is 2.30. The van der Waals surface area contributed by atoms with Gasteiger partial charge in [0.05, 0.1) is 5.60 Å². The number of rotatable bonds is 3. The molecule has 0 saturated heterocycles. The molecule has 4 heteroatoms. The van der Waals surface area contributed by atoms with Crippen LogP contribution in [0.25, 0.3) is 0 Å². The van der Waals surface area contributed by atoms with Crippen molar-refractivity contribution in [2.24, 2.45) is 0 Å². The van der Waals surface area contributed by atoms with Crippen molar-refractivity contribution in [2.45, 2.75) is 31.3 Å². The molecule has 0 bridgehead atoms. The summed E-state index contributed by atoms with van der Waals surface area (Å²) in [5.74, 6) is 0.0862. The van der Waals surface area contributed by atoms with Crippen LogP contribution >= 0.6 is 0 Å². The third-order valence-electron chi connectivity index (χ3n) is 3.16. The second kappa shape index (κ2) is 4.37. The van der Waals surface area contributed by atoms with Crippen LogP contribution in [0.1, 0.15) is 25.7 Å². The molecule has 88 valence electrons. The second-order valence-corrected chi connectivity index (χ2v) is 4.61. The van der Waals surface area contributed by atoms with E-state index in [4.69, 9.17) is 0 Å². The Kier molecular flexibility index (Phi) is 3.10. The lowest BCUT2D eigenvalue weighted by atomic mass is 10.0. The van der Waals surface area contributed by atoms with Crippen LogP contribution in [0.3, 0.4) is 0 Å². The standard InChI is InChI=1S/C12H17FN2O/c1-15(9-12(16)7-2-3-8-12)11-6-4-5-10(13)14-11/h4-6,16H,2-3,7-9H2,1H3. The van der Waals surface area contributed by atoms with Gasteiger partial charge in [-0.1, -0.05) is 18.9 Å². The molecule has 2 rings (SSSR count). The topological polar surface area (TPSA) is 36.4 Å². The lowest BCUT2D eigenvalue weighted by Gasteiger charge is -2.29. The first-order valence-corrected chi connectivity index (χ1v) is 5.65. The molecule has 1 aromatic rings. The van der Waals surface area contributed by atoms with Gasteiger partial charge in [-0.2, -0.15) is 4.39 Å². The summed E-state index contributed by atoms with van der Waals surface area (Å²) in [4.78, 5) is 5.61. The number of halogens is 1. The van der Waals surface area contributed by atoms with Gasteiger partial charge in [0.1, 0.15) is 5.82 Å². The van der Waals surface area contributed by atoms with Crippen molar-refractivity contribution in [2.75, 3.05) is 18.5 Å². The first-order valence-electron chi connectivity index (χ1n) is 5.65. The Balaban J connectivity index is 2.05. The van der Waals surface area contributed by atoms with Gasteiger partial charge in [-0.15, -0.1) is 0 Å². The molecule has 0 amide bonds. The summed E-state index contributed by atoms with van der Waals surface area (Å²) >= 11 is 0. The Hall–Kier alpha value is -1.16. The number of aliphatic hydroxyl groups is 1. The lowest BCUT2D eigenvalue weighted by Crippen LogP contribution is -2.39. The quantitative estimate of drug-likeness (QED) is 0.797. The minimum Gasteiger partial charge on any atom is -0.388 e. The normalized spacial score (nSPS) is 18.7. The first-order chi connectivity index (χ1) is 7.59. The molecule has 0 aliphatic heterocycles. The molecule has 0 unspecified atom stereocenters. The molecule has 0 aromatic carbocycles. The van der Waals surface area contributed by atoms with E-state index in [1.54, 1.807) is 12.1 Å². The molecule has 1 N–H and O–H groups in total. The van der Waals surface area contributed by atoms with E-state index < -0.39 is 11.5 Å². The van der Waals surface area contributed by atoms with Crippen molar-refractivity contribution < 1.29 is 9.50 Å². The highest BCUT2D eigenvalue weighted by atomic mass is 19.1. The summed E-state index contributed by atoms with van der Waals surface area (Å²) in [6, 6.07) is 4.70. The van der Waals surface area contributed by atoms with E-state index in [0.29, 0.717) is 12.4 Å². The Bertz CT molecular complexity index is 364. The summed E-state index contributed by atoms with van der Waals surface area (Å²) in [6.07, 6.45) is 3.79. The minimum absolute atomic E-state index is 0.484. The average molecular weight is 224 g/mol. The highest BCUT2D eigenvalue weighted by Gasteiger charge is 2.32. The van der Waals surface area contributed by atoms with Gasteiger partial charge >= 0.3 is 0 Å². The van der Waals surface area contributed by atoms with Gasteiger partial charge in [0.15, 0.2) is 0 Å². The predicted molar refractivity (Wildman–Crippen MR) is 60.9 cm³/mol. The molecule has 16 heavy (non-hydrogen) atoms. The van der Waals surface area contributed by atoms with Crippen molar-refractivity contribution in [1.82, 2.24) is 4.98 Å². The number of anilines is 1. The number of hydrogen-bond donors (Lipinski definition) is 1. The van der Waals surface area contributed by atoms with Crippen LogP contribution in [0, 0.1) is 5.95 Å². The summed E-state index contributed by atoms with van der Waals surface area (Å²) in [5, 5.41) is 10.2. The second-order valence-electron chi connectivity index (χ2n) is 4.61. The van der Waals surface area contributed by atoms with Gasteiger partial charge < -0.3 is 10.0 Å². The molecule has 1 saturated carbocycles. The van der Waals surface area contributed by atoms with Crippen LogP contribution in [0.5, 0.6) is 0 Å². The first kappa shape index (κ1) is 11.3. The Labute approximate surface area is 94.9 Å². The minimum atomic E-state index is -0.622. The van der Waals surface area contributed by atoms with Crippen molar-refractivity contribution in [3.8, 4) is 0 Å². The van der Waals surface area contributed by atoms with Crippen LogP contribution in [0.2, 0.25) is 0 Å². The van der Waals surface area contributed by atoms with Gasteiger partial charge in [-0.25, -0.2) is 4.98 Å². The number of aromatic nitrogens is 1. The SMILES string of the molecule is CN(CC1(O)CCCC1)c1cccc(F)n1. The van der Waals surface area contributed by atoms with E-state index in [1.165, 1.54) is 6.07 Å². The molecule has 0 radical (unpaired) electrons. The van der Waals surface area contributed by atoms with Gasteiger partial charge in [-0.05, 0) is 25.0 Å². The Morgan fingerprint density at radius 2 is 2.12 bits per heavy atom. The molecule has 0 spiro atoms. The average Bonchev–Trinajstić information content (AvgIpc) is 2.65. The van der Waals surface area contributed by atoms with Gasteiger partial charge in [-0.3, -0.25) is 0 Å². The summed E-state index contributed by atoms with van der Waals surface area (Å²) in [5.41, 5.74) is -0.622. The zero-order valence-corrected chi connectivity index (χ0v) is 9.49. The Morgan fingerprint density at radius 3 is 2.75 bits per heavy atom. The van der Waals surface area contributed by atoms with Gasteiger partial charge in [0, 0.05) is 13.6 Å². The van der Waals surface area contributed by atoms with Crippen molar-refractivity contribution in [3.05, 3.63) is 24.1 Å². The zero-order chi connectivity index (χ0) is 11.6. The monoisotopic (exact) mass is 224 g/mol. The number of hydrogen-bond acceptors (Lipinski definition) is 3. The fourth-order valence-corrected chi connectivity index (χ4v) is 2.32. The van der Waals surface area contributed by atoms with Gasteiger partial charge in [0.2, 0.25) is 5.95 Å². The van der Waals surface area contributed by atoms with E-state index >= 15 is 0 Å². The molecule has 0 atom stereocenters. The smallest absolute Gasteiger partial charge is 0.214 e. The Morgan fingerprint density at radius 1 is 1.44 bits per heavy atom. The van der Waals surface area contributed by atoms with Crippen molar-refractivity contribution >= 4 is 5.82 Å². The predicted octanol–water partition coefficient (Wildman–Crippen LogP) is 1.96. The maximum absolute atomic E-state index is 12.9. The van der Waals surface area contributed by atoms with E-state index in [1.807, 2.05) is 11.9 Å². The summed E-state index contributed by atoms with van der Waals surface area (Å²) in [6.45, 7) is 0.517. The van der Waals surface area contributed by atoms with E-state index in [-0.39, 0.29) is 0 Å². The maximum atomic E-state index is 12.9. The largest absolute Gasteiger partial charge is 0.388 e. The third-order valence-corrected chi connectivity index (χ3v) is 3.16. The third kappa shape index (κ3) is 2.50. The lowest BCUT2D eigenvalue weighted by molar-refractivity contribution is 0.0557. The fourth-order valence-electron chi connectivity index (χ4n) is 2.32. The number of likely N-dealkylation sites (N-methyl/N-ethyl adjacent to an activating group) is 1. The fraction of sp³-hybridized carbons (Fsp3) is 0.583. The maximum Gasteiger partial charge on any atom is 0.214 e. The molecule has 1 heterocycles. The van der Waals surface area contributed by atoms with Gasteiger partial charge in [0.25, 0.3) is 0 Å². The van der Waals surface area contributed by atoms with E-state index in [0.717, 1.165) is 25.7 Å². The van der Waals surface area contributed by atoms with Crippen LogP contribution in [0.15, 0.2) is 18.2 Å². The van der Waals surface area contributed by atoms with Crippen molar-refractivity contribution in [3.63, 3.8) is 0 Å². The molecular formula is C12H17FN2O. The molecular weight excluding hydrogens is 207 g/mol. The van der Waals surface area contributed by atoms with Crippen LogP contribution in [0.4, 0.5) is 10.2 Å². The molecule has 1 aliphatic carbocycles. The zero-order valence-electron chi connectivity index (χ0n) is 9.49. The van der Waals surface area contributed by atoms with Crippen LogP contribution in [-0.2, 0) is 0 Å². The number of pyridine rings is 1. The van der Waals surface area contributed by atoms with E-state index in [2.05, 4.69) is 4.98 Å². The molecule has 1 aromatic heterocycles. The number of nitrogens with zero attached hydrogens (tertiary/aromatic N) is 2. The highest BCUT2D eigenvalue weighted by molar-refractivity contribution is 5.37. The van der Waals surface area contributed by atoms with E-state index in [9.17, 15) is 9.50 Å².